The highest BCUT2D eigenvalue weighted by molar-refractivity contribution is 5.85. The Morgan fingerprint density at radius 2 is 1.83 bits per heavy atom. The van der Waals surface area contributed by atoms with Gasteiger partial charge < -0.3 is 15.9 Å². The van der Waals surface area contributed by atoms with Crippen LogP contribution in [-0.4, -0.2) is 16.3 Å². The Bertz CT molecular complexity index is 369. The molecule has 18 heavy (non-hydrogen) atoms. The minimum absolute atomic E-state index is 0. The summed E-state index contributed by atoms with van der Waals surface area (Å²) in [4.78, 5) is 0. The molecule has 0 saturated heterocycles. The molecule has 4 heteroatoms. The van der Waals surface area contributed by atoms with Crippen LogP contribution in [0.2, 0.25) is 0 Å². The second-order valence-corrected chi connectivity index (χ2v) is 5.13. The van der Waals surface area contributed by atoms with E-state index in [1.165, 1.54) is 0 Å². The molecule has 0 spiro atoms. The van der Waals surface area contributed by atoms with E-state index in [1.807, 2.05) is 19.1 Å². The number of rotatable bonds is 5. The maximum absolute atomic E-state index is 10.00. The average Bonchev–Trinajstić information content (AvgIpc) is 2.28. The van der Waals surface area contributed by atoms with Crippen molar-refractivity contribution < 1.29 is 10.2 Å². The molecule has 0 aromatic heterocycles. The van der Waals surface area contributed by atoms with Crippen LogP contribution in [0.4, 0.5) is 0 Å². The topological polar surface area (TPSA) is 66.5 Å². The highest BCUT2D eigenvalue weighted by atomic mass is 35.5. The molecule has 104 valence electrons. The molecule has 0 amide bonds. The van der Waals surface area contributed by atoms with E-state index in [9.17, 15) is 10.2 Å². The minimum Gasteiger partial charge on any atom is -0.508 e. The summed E-state index contributed by atoms with van der Waals surface area (Å²) in [5.74, 6) is 0.703. The molecule has 1 aromatic carbocycles. The third kappa shape index (κ3) is 4.84. The average molecular weight is 274 g/mol. The first-order chi connectivity index (χ1) is 7.91. The Morgan fingerprint density at radius 1 is 1.22 bits per heavy atom. The number of aliphatic hydroxyl groups is 1. The van der Waals surface area contributed by atoms with Crippen molar-refractivity contribution in [1.29, 1.82) is 0 Å². The van der Waals surface area contributed by atoms with Crippen molar-refractivity contribution in [3.8, 4) is 5.75 Å². The molecular weight excluding hydrogens is 250 g/mol. The van der Waals surface area contributed by atoms with Crippen LogP contribution in [0.1, 0.15) is 43.9 Å². The molecule has 0 aliphatic carbocycles. The summed E-state index contributed by atoms with van der Waals surface area (Å²) in [6, 6.07) is 4.76. The van der Waals surface area contributed by atoms with Crippen LogP contribution in [0.25, 0.3) is 0 Å². The van der Waals surface area contributed by atoms with E-state index >= 15 is 0 Å². The lowest BCUT2D eigenvalue weighted by atomic mass is 9.94. The molecule has 3 nitrogen and oxygen atoms in total. The number of benzene rings is 1. The molecule has 0 saturated carbocycles. The Balaban J connectivity index is 0.00000289. The Hall–Kier alpha value is -0.770. The second kappa shape index (κ2) is 7.62. The number of hydrogen-bond donors (Lipinski definition) is 3. The van der Waals surface area contributed by atoms with Gasteiger partial charge in [0.1, 0.15) is 5.75 Å². The fourth-order valence-electron chi connectivity index (χ4n) is 1.83. The van der Waals surface area contributed by atoms with E-state index in [4.69, 9.17) is 5.73 Å². The Kier molecular flexibility index (Phi) is 7.29. The summed E-state index contributed by atoms with van der Waals surface area (Å²) in [5.41, 5.74) is 7.64. The number of aromatic hydroxyl groups is 1. The van der Waals surface area contributed by atoms with E-state index in [0.29, 0.717) is 17.9 Å². The minimum atomic E-state index is -0.606. The van der Waals surface area contributed by atoms with E-state index < -0.39 is 12.1 Å². The number of halogens is 1. The number of nitrogens with two attached hydrogens (primary N) is 1. The lowest BCUT2D eigenvalue weighted by Gasteiger charge is -2.21. The van der Waals surface area contributed by atoms with Crippen LogP contribution in [0.15, 0.2) is 18.2 Å². The zero-order chi connectivity index (χ0) is 13.0. The zero-order valence-corrected chi connectivity index (χ0v) is 12.1. The Morgan fingerprint density at radius 3 is 2.39 bits per heavy atom. The summed E-state index contributed by atoms with van der Waals surface area (Å²) in [6.07, 6.45) is 0.985. The Labute approximate surface area is 115 Å². The molecule has 0 unspecified atom stereocenters. The zero-order valence-electron chi connectivity index (χ0n) is 11.3. The van der Waals surface area contributed by atoms with Gasteiger partial charge in [-0.15, -0.1) is 12.4 Å². The molecule has 0 aliphatic heterocycles. The van der Waals surface area contributed by atoms with Crippen molar-refractivity contribution in [2.75, 3.05) is 0 Å². The first kappa shape index (κ1) is 17.2. The van der Waals surface area contributed by atoms with Gasteiger partial charge in [0.15, 0.2) is 0 Å². The van der Waals surface area contributed by atoms with Gasteiger partial charge in [-0.2, -0.15) is 0 Å². The standard InChI is InChI=1S/C14H23NO2.ClH/c1-9(2)4-6-13(17)14(15)11-8-10(3)5-7-12(11)16;/h5,7-9,13-14,16-17H,4,6,15H2,1-3H3;1H/t13-,14+;/m0./s1. The van der Waals surface area contributed by atoms with Crippen LogP contribution in [-0.2, 0) is 0 Å². The summed E-state index contributed by atoms with van der Waals surface area (Å²) in [5, 5.41) is 19.7. The first-order valence-electron chi connectivity index (χ1n) is 6.15. The van der Waals surface area contributed by atoms with Gasteiger partial charge in [0, 0.05) is 5.56 Å². The number of phenols is 1. The van der Waals surface area contributed by atoms with Crippen molar-refractivity contribution in [2.24, 2.45) is 11.7 Å². The molecule has 1 aromatic rings. The smallest absolute Gasteiger partial charge is 0.120 e. The van der Waals surface area contributed by atoms with Crippen LogP contribution in [0.5, 0.6) is 5.75 Å². The number of aliphatic hydroxyl groups excluding tert-OH is 1. The fourth-order valence-corrected chi connectivity index (χ4v) is 1.83. The van der Waals surface area contributed by atoms with Crippen LogP contribution in [0, 0.1) is 12.8 Å². The van der Waals surface area contributed by atoms with Crippen molar-refractivity contribution in [3.63, 3.8) is 0 Å². The number of hydrogen-bond acceptors (Lipinski definition) is 3. The van der Waals surface area contributed by atoms with Gasteiger partial charge in [-0.1, -0.05) is 31.5 Å². The van der Waals surface area contributed by atoms with Gasteiger partial charge in [-0.05, 0) is 31.7 Å². The van der Waals surface area contributed by atoms with E-state index in [0.717, 1.165) is 12.0 Å². The van der Waals surface area contributed by atoms with Crippen molar-refractivity contribution in [2.45, 2.75) is 45.8 Å². The van der Waals surface area contributed by atoms with Gasteiger partial charge >= 0.3 is 0 Å². The predicted molar refractivity (Wildman–Crippen MR) is 77.1 cm³/mol. The molecular formula is C14H24ClNO2. The van der Waals surface area contributed by atoms with Gasteiger partial charge in [-0.3, -0.25) is 0 Å². The lowest BCUT2D eigenvalue weighted by molar-refractivity contribution is 0.127. The quantitative estimate of drug-likeness (QED) is 0.773. The third-order valence-electron chi connectivity index (χ3n) is 3.00. The summed E-state index contributed by atoms with van der Waals surface area (Å²) in [6.45, 7) is 6.17. The van der Waals surface area contributed by atoms with Crippen molar-refractivity contribution in [3.05, 3.63) is 29.3 Å². The highest BCUT2D eigenvalue weighted by Gasteiger charge is 2.19. The van der Waals surface area contributed by atoms with Crippen LogP contribution >= 0.6 is 12.4 Å². The largest absolute Gasteiger partial charge is 0.508 e. The summed E-state index contributed by atoms with van der Waals surface area (Å²) >= 11 is 0. The third-order valence-corrected chi connectivity index (χ3v) is 3.00. The SMILES string of the molecule is Cc1ccc(O)c([C@@H](N)[C@@H](O)CCC(C)C)c1.Cl. The number of phenolic OH excluding ortho intramolecular Hbond substituents is 1. The molecule has 0 fully saturated rings. The van der Waals surface area contributed by atoms with Gasteiger partial charge in [0.25, 0.3) is 0 Å². The van der Waals surface area contributed by atoms with Crippen LogP contribution < -0.4 is 5.73 Å². The van der Waals surface area contributed by atoms with Crippen LogP contribution in [0.3, 0.4) is 0 Å². The second-order valence-electron chi connectivity index (χ2n) is 5.13. The first-order valence-corrected chi connectivity index (χ1v) is 6.15. The molecule has 4 N–H and O–H groups in total. The van der Waals surface area contributed by atoms with Gasteiger partial charge in [-0.25, -0.2) is 0 Å². The van der Waals surface area contributed by atoms with E-state index in [2.05, 4.69) is 13.8 Å². The lowest BCUT2D eigenvalue weighted by Crippen LogP contribution is -2.26. The van der Waals surface area contributed by atoms with Gasteiger partial charge in [0.2, 0.25) is 0 Å². The fraction of sp³-hybridized carbons (Fsp3) is 0.571. The monoisotopic (exact) mass is 273 g/mol. The summed E-state index contributed by atoms with van der Waals surface area (Å²) < 4.78 is 0. The maximum Gasteiger partial charge on any atom is 0.120 e. The van der Waals surface area contributed by atoms with Gasteiger partial charge in [0.05, 0.1) is 12.1 Å². The molecule has 1 rings (SSSR count). The van der Waals surface area contributed by atoms with E-state index in [-0.39, 0.29) is 18.2 Å². The predicted octanol–water partition coefficient (Wildman–Crippen LogP) is 2.92. The summed E-state index contributed by atoms with van der Waals surface area (Å²) in [7, 11) is 0. The molecule has 0 heterocycles. The highest BCUT2D eigenvalue weighted by Crippen LogP contribution is 2.27. The molecule has 2 atom stereocenters. The number of aryl methyl sites for hydroxylation is 1. The molecule has 0 bridgehead atoms. The normalized spacial score (nSPS) is 14.1. The molecule has 0 aliphatic rings. The van der Waals surface area contributed by atoms with Crippen molar-refractivity contribution >= 4 is 12.4 Å². The maximum atomic E-state index is 10.00. The molecule has 0 radical (unpaired) electrons. The van der Waals surface area contributed by atoms with E-state index in [1.54, 1.807) is 6.07 Å². The van der Waals surface area contributed by atoms with Crippen molar-refractivity contribution in [1.82, 2.24) is 0 Å².